The fourth-order valence-electron chi connectivity index (χ4n) is 1.76. The van der Waals surface area contributed by atoms with Gasteiger partial charge in [0.05, 0.1) is 0 Å². The first-order valence-corrected chi connectivity index (χ1v) is 6.50. The lowest BCUT2D eigenvalue weighted by molar-refractivity contribution is 0.404. The first kappa shape index (κ1) is 14.2. The average Bonchev–Trinajstić information content (AvgIpc) is 2.26. The summed E-state index contributed by atoms with van der Waals surface area (Å²) in [7, 11) is 5.98. The SMILES string of the molecule is CN=C(CCCN(C)C)c1c(N)cccc1Br. The molecule has 0 saturated heterocycles. The van der Waals surface area contributed by atoms with E-state index >= 15 is 0 Å². The summed E-state index contributed by atoms with van der Waals surface area (Å²) in [6.07, 6.45) is 2.03. The molecule has 94 valence electrons. The molecule has 0 aromatic heterocycles. The molecule has 0 radical (unpaired) electrons. The van der Waals surface area contributed by atoms with E-state index in [2.05, 4.69) is 39.9 Å². The van der Waals surface area contributed by atoms with Crippen LogP contribution < -0.4 is 5.73 Å². The van der Waals surface area contributed by atoms with Crippen LogP contribution in [0.2, 0.25) is 0 Å². The summed E-state index contributed by atoms with van der Waals surface area (Å²) in [6, 6.07) is 5.86. The van der Waals surface area contributed by atoms with Crippen LogP contribution in [0.3, 0.4) is 0 Å². The highest BCUT2D eigenvalue weighted by molar-refractivity contribution is 9.10. The smallest absolute Gasteiger partial charge is 0.0449 e. The second kappa shape index (κ2) is 6.77. The minimum Gasteiger partial charge on any atom is -0.398 e. The molecular weight excluding hydrogens is 278 g/mol. The van der Waals surface area contributed by atoms with Crippen molar-refractivity contribution in [1.82, 2.24) is 4.90 Å². The normalized spacial score (nSPS) is 12.2. The van der Waals surface area contributed by atoms with E-state index in [1.165, 1.54) is 0 Å². The van der Waals surface area contributed by atoms with Crippen LogP contribution in [0.4, 0.5) is 5.69 Å². The quantitative estimate of drug-likeness (QED) is 0.671. The van der Waals surface area contributed by atoms with Gasteiger partial charge in [0.15, 0.2) is 0 Å². The first-order valence-electron chi connectivity index (χ1n) is 5.71. The highest BCUT2D eigenvalue weighted by Gasteiger charge is 2.10. The fourth-order valence-corrected chi connectivity index (χ4v) is 2.37. The molecule has 1 aromatic carbocycles. The van der Waals surface area contributed by atoms with Crippen molar-refractivity contribution < 1.29 is 0 Å². The number of nitrogens with two attached hydrogens (primary N) is 1. The molecule has 0 unspecified atom stereocenters. The Morgan fingerprint density at radius 2 is 2.12 bits per heavy atom. The van der Waals surface area contributed by atoms with Gasteiger partial charge in [0.1, 0.15) is 0 Å². The topological polar surface area (TPSA) is 41.6 Å². The van der Waals surface area contributed by atoms with Gasteiger partial charge in [-0.15, -0.1) is 0 Å². The zero-order valence-corrected chi connectivity index (χ0v) is 12.3. The van der Waals surface area contributed by atoms with E-state index in [9.17, 15) is 0 Å². The number of hydrogen-bond acceptors (Lipinski definition) is 3. The predicted molar refractivity (Wildman–Crippen MR) is 78.8 cm³/mol. The number of aliphatic imine (C=N–C) groups is 1. The maximum Gasteiger partial charge on any atom is 0.0449 e. The van der Waals surface area contributed by atoms with Crippen LogP contribution in [-0.4, -0.2) is 38.3 Å². The molecule has 0 spiro atoms. The van der Waals surface area contributed by atoms with Crippen molar-refractivity contribution >= 4 is 27.3 Å². The van der Waals surface area contributed by atoms with Crippen LogP contribution in [0.5, 0.6) is 0 Å². The Balaban J connectivity index is 2.81. The third kappa shape index (κ3) is 4.13. The lowest BCUT2D eigenvalue weighted by Crippen LogP contribution is -2.15. The summed E-state index contributed by atoms with van der Waals surface area (Å²) in [5.41, 5.74) is 8.89. The largest absolute Gasteiger partial charge is 0.398 e. The van der Waals surface area contributed by atoms with Crippen molar-refractivity contribution in [3.63, 3.8) is 0 Å². The maximum absolute atomic E-state index is 6.01. The van der Waals surface area contributed by atoms with E-state index in [1.807, 2.05) is 25.2 Å². The van der Waals surface area contributed by atoms with Crippen LogP contribution in [0.25, 0.3) is 0 Å². The van der Waals surface area contributed by atoms with Gasteiger partial charge in [-0.2, -0.15) is 0 Å². The summed E-state index contributed by atoms with van der Waals surface area (Å²) in [6.45, 7) is 1.06. The molecule has 0 bridgehead atoms. The van der Waals surface area contributed by atoms with E-state index in [-0.39, 0.29) is 0 Å². The van der Waals surface area contributed by atoms with E-state index in [0.717, 1.165) is 40.8 Å². The predicted octanol–water partition coefficient (Wildman–Crippen LogP) is 2.79. The molecular formula is C13H20BrN3. The first-order chi connectivity index (χ1) is 8.06. The lowest BCUT2D eigenvalue weighted by Gasteiger charge is -2.13. The molecule has 0 aliphatic rings. The van der Waals surface area contributed by atoms with Crippen molar-refractivity contribution in [2.45, 2.75) is 12.8 Å². The monoisotopic (exact) mass is 297 g/mol. The van der Waals surface area contributed by atoms with Crippen LogP contribution in [0.15, 0.2) is 27.7 Å². The molecule has 3 nitrogen and oxygen atoms in total. The van der Waals surface area contributed by atoms with E-state index in [1.54, 1.807) is 0 Å². The van der Waals surface area contributed by atoms with Gasteiger partial charge in [0.25, 0.3) is 0 Å². The summed E-state index contributed by atoms with van der Waals surface area (Å²) < 4.78 is 1.02. The van der Waals surface area contributed by atoms with Gasteiger partial charge in [-0.1, -0.05) is 22.0 Å². The average molecular weight is 298 g/mol. The highest BCUT2D eigenvalue weighted by Crippen LogP contribution is 2.24. The Labute approximate surface area is 112 Å². The molecule has 0 fully saturated rings. The second-order valence-electron chi connectivity index (χ2n) is 4.28. The minimum atomic E-state index is 0.782. The number of rotatable bonds is 5. The molecule has 0 atom stereocenters. The number of nitrogens with zero attached hydrogens (tertiary/aromatic N) is 2. The molecule has 0 heterocycles. The molecule has 0 saturated carbocycles. The van der Waals surface area contributed by atoms with Gasteiger partial charge < -0.3 is 10.6 Å². The molecule has 0 amide bonds. The summed E-state index contributed by atoms with van der Waals surface area (Å²) in [4.78, 5) is 6.54. The Morgan fingerprint density at radius 1 is 1.41 bits per heavy atom. The Bertz CT molecular complexity index is 379. The van der Waals surface area contributed by atoms with E-state index < -0.39 is 0 Å². The fraction of sp³-hybridized carbons (Fsp3) is 0.462. The van der Waals surface area contributed by atoms with E-state index in [0.29, 0.717) is 0 Å². The molecule has 0 aliphatic heterocycles. The van der Waals surface area contributed by atoms with Crippen molar-refractivity contribution in [2.24, 2.45) is 4.99 Å². The molecule has 4 heteroatoms. The Kier molecular flexibility index (Phi) is 5.65. The van der Waals surface area contributed by atoms with Crippen LogP contribution in [0, 0.1) is 0 Å². The van der Waals surface area contributed by atoms with Crippen molar-refractivity contribution in [3.8, 4) is 0 Å². The van der Waals surface area contributed by atoms with Crippen LogP contribution in [0.1, 0.15) is 18.4 Å². The van der Waals surface area contributed by atoms with Crippen LogP contribution in [-0.2, 0) is 0 Å². The molecule has 0 aliphatic carbocycles. The third-order valence-corrected chi connectivity index (χ3v) is 3.28. The maximum atomic E-state index is 6.01. The van der Waals surface area contributed by atoms with Gasteiger partial charge >= 0.3 is 0 Å². The van der Waals surface area contributed by atoms with E-state index in [4.69, 9.17) is 5.73 Å². The van der Waals surface area contributed by atoms with Gasteiger partial charge in [-0.25, -0.2) is 0 Å². The Hall–Kier alpha value is -0.870. The molecule has 2 N–H and O–H groups in total. The minimum absolute atomic E-state index is 0.782. The number of anilines is 1. The Morgan fingerprint density at radius 3 is 2.65 bits per heavy atom. The van der Waals surface area contributed by atoms with Gasteiger partial charge in [-0.3, -0.25) is 4.99 Å². The molecule has 17 heavy (non-hydrogen) atoms. The molecule has 1 aromatic rings. The summed E-state index contributed by atoms with van der Waals surface area (Å²) >= 11 is 3.54. The number of benzene rings is 1. The lowest BCUT2D eigenvalue weighted by atomic mass is 10.0. The number of hydrogen-bond donors (Lipinski definition) is 1. The second-order valence-corrected chi connectivity index (χ2v) is 5.14. The molecule has 1 rings (SSSR count). The number of halogens is 1. The summed E-state index contributed by atoms with van der Waals surface area (Å²) in [5.74, 6) is 0. The van der Waals surface area contributed by atoms with Crippen LogP contribution >= 0.6 is 15.9 Å². The number of nitrogen functional groups attached to an aromatic ring is 1. The zero-order valence-electron chi connectivity index (χ0n) is 10.7. The van der Waals surface area contributed by atoms with Crippen molar-refractivity contribution in [2.75, 3.05) is 33.4 Å². The zero-order chi connectivity index (χ0) is 12.8. The van der Waals surface area contributed by atoms with Gasteiger partial charge in [0.2, 0.25) is 0 Å². The van der Waals surface area contributed by atoms with Gasteiger partial charge in [0, 0.05) is 28.5 Å². The van der Waals surface area contributed by atoms with Gasteiger partial charge in [-0.05, 0) is 45.6 Å². The highest BCUT2D eigenvalue weighted by atomic mass is 79.9. The summed E-state index contributed by atoms with van der Waals surface area (Å²) in [5, 5.41) is 0. The standard InChI is InChI=1S/C13H20BrN3/c1-16-12(8-5-9-17(2)3)13-10(14)6-4-7-11(13)15/h4,6-7H,5,8-9,15H2,1-3H3. The van der Waals surface area contributed by atoms with Crippen molar-refractivity contribution in [3.05, 3.63) is 28.2 Å². The van der Waals surface area contributed by atoms with Crippen molar-refractivity contribution in [1.29, 1.82) is 0 Å². The third-order valence-electron chi connectivity index (χ3n) is 2.62.